The maximum absolute atomic E-state index is 5.29. The van der Waals surface area contributed by atoms with E-state index in [-0.39, 0.29) is 0 Å². The average Bonchev–Trinajstić information content (AvgIpc) is 2.55. The van der Waals surface area contributed by atoms with Gasteiger partial charge in [0.1, 0.15) is 0 Å². The Labute approximate surface area is 82.1 Å². The molecule has 1 aliphatic heterocycles. The number of benzene rings is 1. The van der Waals surface area contributed by atoms with Crippen LogP contribution in [0.25, 0.3) is 11.0 Å². The molecule has 72 valence electrons. The fourth-order valence-electron chi connectivity index (χ4n) is 2.10. The lowest BCUT2D eigenvalue weighted by Crippen LogP contribution is -2.16. The largest absolute Gasteiger partial charge is 0.356 e. The monoisotopic (exact) mass is 188 g/mol. The second kappa shape index (κ2) is 3.10. The normalized spacial score (nSPS) is 16.6. The number of fused-ring (bicyclic) bond motifs is 3. The molecule has 2 heterocycles. The van der Waals surface area contributed by atoms with Crippen LogP contribution in [0.5, 0.6) is 0 Å². The minimum atomic E-state index is 0.978. The van der Waals surface area contributed by atoms with Crippen molar-refractivity contribution in [1.29, 1.82) is 0 Å². The highest BCUT2D eigenvalue weighted by atomic mass is 16.5. The Balaban J connectivity index is 2.26. The molecule has 0 saturated heterocycles. The Bertz CT molecular complexity index is 461. The summed E-state index contributed by atoms with van der Waals surface area (Å²) in [5.41, 5.74) is 3.72. The first kappa shape index (κ1) is 8.00. The van der Waals surface area contributed by atoms with E-state index >= 15 is 0 Å². The highest BCUT2D eigenvalue weighted by Gasteiger charge is 2.13. The summed E-state index contributed by atoms with van der Waals surface area (Å²) in [5.74, 6) is 0. The molecule has 0 unspecified atom stereocenters. The average molecular weight is 188 g/mol. The number of nitrogens with one attached hydrogen (secondary N) is 1. The molecule has 0 bridgehead atoms. The maximum Gasteiger partial charge on any atom is 0.170 e. The third-order valence-corrected chi connectivity index (χ3v) is 2.85. The molecule has 1 N–H and O–H groups in total. The zero-order valence-electron chi connectivity index (χ0n) is 7.92. The lowest BCUT2D eigenvalue weighted by molar-refractivity contribution is 0.453. The molecule has 3 heteroatoms. The Morgan fingerprint density at radius 3 is 3.14 bits per heavy atom. The van der Waals surface area contributed by atoms with E-state index in [9.17, 15) is 0 Å². The second-order valence-electron chi connectivity index (χ2n) is 3.70. The van der Waals surface area contributed by atoms with Gasteiger partial charge in [0, 0.05) is 10.9 Å². The fraction of sp³-hybridized carbons (Fsp3) is 0.364. The van der Waals surface area contributed by atoms with E-state index in [0.717, 1.165) is 36.9 Å². The molecule has 0 amide bonds. The van der Waals surface area contributed by atoms with Gasteiger partial charge in [-0.05, 0) is 37.6 Å². The van der Waals surface area contributed by atoms with Crippen molar-refractivity contribution in [2.75, 3.05) is 13.1 Å². The molecule has 0 atom stereocenters. The van der Waals surface area contributed by atoms with E-state index in [1.165, 1.54) is 11.1 Å². The van der Waals surface area contributed by atoms with Crippen molar-refractivity contribution in [2.45, 2.75) is 12.8 Å². The molecule has 1 aliphatic rings. The van der Waals surface area contributed by atoms with Crippen molar-refractivity contribution in [1.82, 2.24) is 10.5 Å². The summed E-state index contributed by atoms with van der Waals surface area (Å²) in [6.07, 6.45) is 3.92. The summed E-state index contributed by atoms with van der Waals surface area (Å²) < 4.78 is 5.29. The molecule has 3 nitrogen and oxygen atoms in total. The first-order valence-electron chi connectivity index (χ1n) is 5.01. The van der Waals surface area contributed by atoms with Crippen LogP contribution >= 0.6 is 0 Å². The van der Waals surface area contributed by atoms with E-state index < -0.39 is 0 Å². The summed E-state index contributed by atoms with van der Waals surface area (Å²) in [5, 5.41) is 8.35. The Morgan fingerprint density at radius 1 is 1.21 bits per heavy atom. The molecule has 2 aromatic rings. The highest BCUT2D eigenvalue weighted by molar-refractivity contribution is 5.80. The number of aromatic nitrogens is 1. The number of rotatable bonds is 0. The van der Waals surface area contributed by atoms with Gasteiger partial charge in [0.2, 0.25) is 0 Å². The predicted molar refractivity (Wildman–Crippen MR) is 54.3 cm³/mol. The SMILES string of the molecule is c1cc2cnoc2c2c1CCNCC2. The van der Waals surface area contributed by atoms with Crippen LogP contribution in [0.2, 0.25) is 0 Å². The molecular weight excluding hydrogens is 176 g/mol. The van der Waals surface area contributed by atoms with Crippen molar-refractivity contribution >= 4 is 11.0 Å². The minimum Gasteiger partial charge on any atom is -0.356 e. The van der Waals surface area contributed by atoms with Crippen LogP contribution in [-0.2, 0) is 12.8 Å². The molecule has 3 rings (SSSR count). The van der Waals surface area contributed by atoms with Crippen molar-refractivity contribution in [2.24, 2.45) is 0 Å². The third kappa shape index (κ3) is 1.13. The van der Waals surface area contributed by atoms with Gasteiger partial charge in [-0.25, -0.2) is 0 Å². The summed E-state index contributed by atoms with van der Waals surface area (Å²) in [7, 11) is 0. The highest BCUT2D eigenvalue weighted by Crippen LogP contribution is 2.24. The van der Waals surface area contributed by atoms with Crippen LogP contribution in [0, 0.1) is 0 Å². The molecule has 1 aromatic carbocycles. The van der Waals surface area contributed by atoms with Gasteiger partial charge in [0.25, 0.3) is 0 Å². The Hall–Kier alpha value is -1.35. The van der Waals surface area contributed by atoms with E-state index in [2.05, 4.69) is 22.6 Å². The number of hydrogen-bond acceptors (Lipinski definition) is 3. The van der Waals surface area contributed by atoms with Gasteiger partial charge in [-0.15, -0.1) is 0 Å². The third-order valence-electron chi connectivity index (χ3n) is 2.85. The van der Waals surface area contributed by atoms with Crippen molar-refractivity contribution < 1.29 is 4.52 Å². The summed E-state index contributed by atoms with van der Waals surface area (Å²) in [6.45, 7) is 2.10. The van der Waals surface area contributed by atoms with E-state index in [0.29, 0.717) is 0 Å². The minimum absolute atomic E-state index is 0.978. The molecule has 0 aliphatic carbocycles. The lowest BCUT2D eigenvalue weighted by atomic mass is 10.0. The second-order valence-corrected chi connectivity index (χ2v) is 3.70. The van der Waals surface area contributed by atoms with Gasteiger partial charge in [-0.1, -0.05) is 11.2 Å². The van der Waals surface area contributed by atoms with Crippen molar-refractivity contribution in [3.8, 4) is 0 Å². The van der Waals surface area contributed by atoms with Crippen molar-refractivity contribution in [3.63, 3.8) is 0 Å². The van der Waals surface area contributed by atoms with Gasteiger partial charge in [-0.2, -0.15) is 0 Å². The Kier molecular flexibility index (Phi) is 1.77. The van der Waals surface area contributed by atoms with E-state index in [1.807, 2.05) is 0 Å². The van der Waals surface area contributed by atoms with Gasteiger partial charge < -0.3 is 9.84 Å². The summed E-state index contributed by atoms with van der Waals surface area (Å²) in [6, 6.07) is 4.29. The zero-order valence-corrected chi connectivity index (χ0v) is 7.92. The zero-order chi connectivity index (χ0) is 9.38. The summed E-state index contributed by atoms with van der Waals surface area (Å²) in [4.78, 5) is 0. The van der Waals surface area contributed by atoms with Gasteiger partial charge >= 0.3 is 0 Å². The van der Waals surface area contributed by atoms with Gasteiger partial charge in [0.05, 0.1) is 6.20 Å². The number of nitrogens with zero attached hydrogens (tertiary/aromatic N) is 1. The lowest BCUT2D eigenvalue weighted by Gasteiger charge is -2.03. The molecule has 0 saturated carbocycles. The van der Waals surface area contributed by atoms with Crippen LogP contribution in [-0.4, -0.2) is 18.2 Å². The van der Waals surface area contributed by atoms with Gasteiger partial charge in [-0.3, -0.25) is 0 Å². The fourth-order valence-corrected chi connectivity index (χ4v) is 2.10. The molecule has 0 radical (unpaired) electrons. The first-order valence-corrected chi connectivity index (χ1v) is 5.01. The van der Waals surface area contributed by atoms with Crippen LogP contribution in [0.15, 0.2) is 22.9 Å². The van der Waals surface area contributed by atoms with Crippen LogP contribution in [0.3, 0.4) is 0 Å². The molecule has 0 spiro atoms. The molecule has 0 fully saturated rings. The predicted octanol–water partition coefficient (Wildman–Crippen LogP) is 1.52. The maximum atomic E-state index is 5.29. The standard InChI is InChI=1S/C11H12N2O/c1-2-9-7-13-14-11(9)10-4-6-12-5-3-8(1)10/h1-2,7,12H,3-6H2. The summed E-state index contributed by atoms with van der Waals surface area (Å²) >= 11 is 0. The van der Waals surface area contributed by atoms with Gasteiger partial charge in [0.15, 0.2) is 5.58 Å². The van der Waals surface area contributed by atoms with Crippen LogP contribution in [0.1, 0.15) is 11.1 Å². The topological polar surface area (TPSA) is 38.1 Å². The molecule has 1 aromatic heterocycles. The smallest absolute Gasteiger partial charge is 0.170 e. The van der Waals surface area contributed by atoms with Crippen LogP contribution in [0.4, 0.5) is 0 Å². The Morgan fingerprint density at radius 2 is 2.14 bits per heavy atom. The molecule has 14 heavy (non-hydrogen) atoms. The van der Waals surface area contributed by atoms with Crippen LogP contribution < -0.4 is 5.32 Å². The molecular formula is C11H12N2O. The van der Waals surface area contributed by atoms with E-state index in [4.69, 9.17) is 4.52 Å². The van der Waals surface area contributed by atoms with Crippen molar-refractivity contribution in [3.05, 3.63) is 29.5 Å². The first-order chi connectivity index (χ1) is 6.95. The quantitative estimate of drug-likeness (QED) is 0.681. The number of hydrogen-bond donors (Lipinski definition) is 1. The van der Waals surface area contributed by atoms with E-state index in [1.54, 1.807) is 6.20 Å².